The van der Waals surface area contributed by atoms with Crippen LogP contribution in [0.5, 0.6) is 0 Å². The molecule has 126 valence electrons. The second-order valence-corrected chi connectivity index (χ2v) is 6.07. The first-order valence-corrected chi connectivity index (χ1v) is 7.91. The Bertz CT molecular complexity index is 446. The molecule has 0 aliphatic carbocycles. The summed E-state index contributed by atoms with van der Waals surface area (Å²) >= 11 is 0. The first-order valence-electron chi connectivity index (χ1n) is 7.91. The summed E-state index contributed by atoms with van der Waals surface area (Å²) in [7, 11) is 1.81. The van der Waals surface area contributed by atoms with Crippen molar-refractivity contribution in [3.8, 4) is 0 Å². The molecule has 4 nitrogen and oxygen atoms in total. The lowest BCUT2D eigenvalue weighted by Gasteiger charge is -2.18. The molecular weight excluding hydrogens is 387 g/mol. The third-order valence-corrected chi connectivity index (χ3v) is 3.41. The van der Waals surface area contributed by atoms with E-state index in [1.54, 1.807) is 7.05 Å². The smallest absolute Gasteiger partial charge is 0.191 e. The van der Waals surface area contributed by atoms with Gasteiger partial charge in [0.15, 0.2) is 5.96 Å². The summed E-state index contributed by atoms with van der Waals surface area (Å²) in [6.45, 7) is 9.45. The minimum absolute atomic E-state index is 0. The highest BCUT2D eigenvalue weighted by Crippen LogP contribution is 2.08. The fourth-order valence-corrected chi connectivity index (χ4v) is 2.20. The Hall–Kier alpha value is -0.850. The number of pyridine rings is 1. The van der Waals surface area contributed by atoms with Crippen LogP contribution in [0.2, 0.25) is 0 Å². The van der Waals surface area contributed by atoms with Gasteiger partial charge in [-0.05, 0) is 38.3 Å². The van der Waals surface area contributed by atoms with Crippen LogP contribution in [0.4, 0.5) is 0 Å². The minimum atomic E-state index is 0. The molecule has 0 saturated heterocycles. The number of halogens is 1. The van der Waals surface area contributed by atoms with Crippen molar-refractivity contribution >= 4 is 29.9 Å². The molecule has 1 rings (SSSR count). The van der Waals surface area contributed by atoms with Crippen molar-refractivity contribution in [2.75, 3.05) is 7.05 Å². The van der Waals surface area contributed by atoms with Crippen molar-refractivity contribution in [1.29, 1.82) is 0 Å². The van der Waals surface area contributed by atoms with E-state index in [9.17, 15) is 0 Å². The van der Waals surface area contributed by atoms with E-state index in [2.05, 4.69) is 41.4 Å². The number of guanidine groups is 1. The maximum absolute atomic E-state index is 4.48. The first kappa shape index (κ1) is 21.1. The number of aryl methyl sites for hydroxylation is 1. The van der Waals surface area contributed by atoms with Gasteiger partial charge in [-0.2, -0.15) is 0 Å². The number of nitrogens with zero attached hydrogens (tertiary/aromatic N) is 2. The maximum atomic E-state index is 4.48. The fourth-order valence-electron chi connectivity index (χ4n) is 2.20. The van der Waals surface area contributed by atoms with Crippen LogP contribution in [0, 0.1) is 12.8 Å². The molecule has 1 heterocycles. The van der Waals surface area contributed by atoms with Crippen molar-refractivity contribution < 1.29 is 0 Å². The predicted octanol–water partition coefficient (Wildman–Crippen LogP) is 3.89. The molecule has 1 aromatic rings. The van der Waals surface area contributed by atoms with Gasteiger partial charge >= 0.3 is 0 Å². The molecule has 1 aromatic heterocycles. The van der Waals surface area contributed by atoms with Crippen LogP contribution < -0.4 is 10.6 Å². The van der Waals surface area contributed by atoms with Gasteiger partial charge in [-0.3, -0.25) is 9.98 Å². The minimum Gasteiger partial charge on any atom is -0.354 e. The highest BCUT2D eigenvalue weighted by molar-refractivity contribution is 14.0. The predicted molar refractivity (Wildman–Crippen MR) is 106 cm³/mol. The number of nitrogens with one attached hydrogen (secondary N) is 2. The third kappa shape index (κ3) is 9.23. The lowest BCUT2D eigenvalue weighted by atomic mass is 10.0. The van der Waals surface area contributed by atoms with Gasteiger partial charge in [-0.25, -0.2) is 0 Å². The molecule has 0 fully saturated rings. The van der Waals surface area contributed by atoms with Gasteiger partial charge < -0.3 is 10.6 Å². The second-order valence-electron chi connectivity index (χ2n) is 6.07. The van der Waals surface area contributed by atoms with Crippen LogP contribution in [-0.4, -0.2) is 24.0 Å². The highest BCUT2D eigenvalue weighted by Gasteiger charge is 2.06. The molecule has 0 aliphatic heterocycles. The molecule has 1 atom stereocenters. The van der Waals surface area contributed by atoms with Gasteiger partial charge in [0.2, 0.25) is 0 Å². The Balaban J connectivity index is 0.00000441. The van der Waals surface area contributed by atoms with Crippen LogP contribution >= 0.6 is 24.0 Å². The normalized spacial score (nSPS) is 12.7. The summed E-state index contributed by atoms with van der Waals surface area (Å²) in [5.41, 5.74) is 2.07. The van der Waals surface area contributed by atoms with Crippen LogP contribution in [0.3, 0.4) is 0 Å². The molecule has 0 bridgehead atoms. The van der Waals surface area contributed by atoms with E-state index in [-0.39, 0.29) is 24.0 Å². The Morgan fingerprint density at radius 2 is 1.95 bits per heavy atom. The number of hydrogen-bond acceptors (Lipinski definition) is 2. The van der Waals surface area contributed by atoms with Crippen molar-refractivity contribution in [3.63, 3.8) is 0 Å². The summed E-state index contributed by atoms with van der Waals surface area (Å²) in [6, 6.07) is 6.50. The monoisotopic (exact) mass is 418 g/mol. The van der Waals surface area contributed by atoms with Crippen molar-refractivity contribution in [1.82, 2.24) is 15.6 Å². The summed E-state index contributed by atoms with van der Waals surface area (Å²) in [5.74, 6) is 1.62. The van der Waals surface area contributed by atoms with Gasteiger partial charge in [-0.15, -0.1) is 24.0 Å². The molecule has 22 heavy (non-hydrogen) atoms. The SMILES string of the molecule is CN=C(NCc1cccc(C)n1)NC(C)CCCC(C)C.I. The Kier molecular flexibility index (Phi) is 11.2. The van der Waals surface area contributed by atoms with Gasteiger partial charge in [0.05, 0.1) is 12.2 Å². The maximum Gasteiger partial charge on any atom is 0.191 e. The summed E-state index contributed by atoms with van der Waals surface area (Å²) in [5, 5.41) is 6.76. The van der Waals surface area contributed by atoms with Gasteiger partial charge in [-0.1, -0.05) is 32.8 Å². The van der Waals surface area contributed by atoms with Crippen molar-refractivity contribution in [3.05, 3.63) is 29.6 Å². The zero-order chi connectivity index (χ0) is 15.7. The van der Waals surface area contributed by atoms with Crippen LogP contribution in [0.1, 0.15) is 51.4 Å². The van der Waals surface area contributed by atoms with Crippen LogP contribution in [0.15, 0.2) is 23.2 Å². The highest BCUT2D eigenvalue weighted by atomic mass is 127. The second kappa shape index (κ2) is 11.7. The first-order chi connectivity index (χ1) is 10.0. The van der Waals surface area contributed by atoms with E-state index < -0.39 is 0 Å². The van der Waals surface area contributed by atoms with Crippen molar-refractivity contribution in [2.24, 2.45) is 10.9 Å². The number of hydrogen-bond donors (Lipinski definition) is 2. The molecule has 0 aliphatic rings. The Morgan fingerprint density at radius 3 is 2.55 bits per heavy atom. The van der Waals surface area contributed by atoms with Gasteiger partial charge in [0.1, 0.15) is 0 Å². The molecule has 0 amide bonds. The molecule has 2 N–H and O–H groups in total. The van der Waals surface area contributed by atoms with Crippen LogP contribution in [-0.2, 0) is 6.54 Å². The molecule has 0 saturated carbocycles. The zero-order valence-electron chi connectivity index (χ0n) is 14.5. The number of rotatable bonds is 7. The van der Waals surface area contributed by atoms with E-state index >= 15 is 0 Å². The Labute approximate surface area is 152 Å². The summed E-state index contributed by atoms with van der Waals surface area (Å²) in [4.78, 5) is 8.76. The molecule has 0 aromatic carbocycles. The lowest BCUT2D eigenvalue weighted by Crippen LogP contribution is -2.42. The van der Waals surface area contributed by atoms with E-state index in [1.807, 2.05) is 25.1 Å². The van der Waals surface area contributed by atoms with E-state index in [1.165, 1.54) is 19.3 Å². The lowest BCUT2D eigenvalue weighted by molar-refractivity contribution is 0.491. The largest absolute Gasteiger partial charge is 0.354 e. The molecular formula is C17H31IN4. The third-order valence-electron chi connectivity index (χ3n) is 3.41. The van der Waals surface area contributed by atoms with E-state index in [4.69, 9.17) is 0 Å². The number of aliphatic imine (C=N–C) groups is 1. The molecule has 1 unspecified atom stereocenters. The molecule has 5 heteroatoms. The average Bonchev–Trinajstić information content (AvgIpc) is 2.43. The topological polar surface area (TPSA) is 49.3 Å². The fraction of sp³-hybridized carbons (Fsp3) is 0.647. The van der Waals surface area contributed by atoms with Gasteiger partial charge in [0, 0.05) is 18.8 Å². The average molecular weight is 418 g/mol. The molecule has 0 spiro atoms. The van der Waals surface area contributed by atoms with Gasteiger partial charge in [0.25, 0.3) is 0 Å². The standard InChI is InChI=1S/C17H30N4.HI/c1-13(2)8-6-9-15(4)21-17(18-5)19-12-16-11-7-10-14(3)20-16;/h7,10-11,13,15H,6,8-9,12H2,1-5H3,(H2,18,19,21);1H. The molecule has 0 radical (unpaired) electrons. The quantitative estimate of drug-likeness (QED) is 0.401. The zero-order valence-corrected chi connectivity index (χ0v) is 16.8. The van der Waals surface area contributed by atoms with Crippen LogP contribution in [0.25, 0.3) is 0 Å². The van der Waals surface area contributed by atoms with E-state index in [0.717, 1.165) is 23.3 Å². The summed E-state index contributed by atoms with van der Waals surface area (Å²) < 4.78 is 0. The van der Waals surface area contributed by atoms with Crippen molar-refractivity contribution in [2.45, 2.75) is 59.5 Å². The number of aromatic nitrogens is 1. The van der Waals surface area contributed by atoms with E-state index in [0.29, 0.717) is 12.6 Å². The summed E-state index contributed by atoms with van der Waals surface area (Å²) in [6.07, 6.45) is 3.70. The Morgan fingerprint density at radius 1 is 1.23 bits per heavy atom.